The van der Waals surface area contributed by atoms with E-state index in [1.807, 2.05) is 18.2 Å². The summed E-state index contributed by atoms with van der Waals surface area (Å²) in [5.41, 5.74) is 0. The zero-order valence-electron chi connectivity index (χ0n) is 9.68. The number of para-hydroxylation sites is 1. The van der Waals surface area contributed by atoms with Crippen LogP contribution in [0.5, 0.6) is 5.75 Å². The predicted molar refractivity (Wildman–Crippen MR) is 63.1 cm³/mol. The lowest BCUT2D eigenvalue weighted by molar-refractivity contribution is 0.0950. The summed E-state index contributed by atoms with van der Waals surface area (Å²) >= 11 is 0. The molecule has 0 aliphatic carbocycles. The van der Waals surface area contributed by atoms with E-state index in [-0.39, 0.29) is 12.1 Å². The number of benzene rings is 1. The number of nitrogens with one attached hydrogen (secondary N) is 2. The molecular formula is C12H16N2O3. The first-order chi connectivity index (χ1) is 8.29. The molecule has 0 radical (unpaired) electrons. The quantitative estimate of drug-likeness (QED) is 0.813. The number of methoxy groups -OCH3 is 1. The Labute approximate surface area is 100 Å². The van der Waals surface area contributed by atoms with E-state index >= 15 is 0 Å². The maximum atomic E-state index is 11.6. The molecule has 0 bridgehead atoms. The molecule has 92 valence electrons. The molecule has 1 saturated heterocycles. The lowest BCUT2D eigenvalue weighted by Crippen LogP contribution is -2.44. The number of amides is 1. The highest BCUT2D eigenvalue weighted by atomic mass is 16.6. The monoisotopic (exact) mass is 236 g/mol. The molecule has 0 saturated carbocycles. The molecule has 2 atom stereocenters. The highest BCUT2D eigenvalue weighted by Gasteiger charge is 2.28. The van der Waals surface area contributed by atoms with Crippen molar-refractivity contribution in [1.82, 2.24) is 10.6 Å². The van der Waals surface area contributed by atoms with Gasteiger partial charge in [-0.3, -0.25) is 0 Å². The molecule has 1 aromatic rings. The first-order valence-electron chi connectivity index (χ1n) is 5.56. The van der Waals surface area contributed by atoms with Crippen molar-refractivity contribution < 1.29 is 14.3 Å². The SMILES string of the molecule is CO[C@H]1CNCC1NC(=O)Oc1ccccc1. The Balaban J connectivity index is 1.85. The van der Waals surface area contributed by atoms with E-state index in [4.69, 9.17) is 9.47 Å². The maximum absolute atomic E-state index is 11.6. The van der Waals surface area contributed by atoms with Crippen molar-refractivity contribution in [2.24, 2.45) is 0 Å². The first-order valence-corrected chi connectivity index (χ1v) is 5.56. The summed E-state index contributed by atoms with van der Waals surface area (Å²) in [5.74, 6) is 0.532. The summed E-state index contributed by atoms with van der Waals surface area (Å²) in [6, 6.07) is 8.93. The Morgan fingerprint density at radius 2 is 2.12 bits per heavy atom. The molecule has 5 nitrogen and oxygen atoms in total. The van der Waals surface area contributed by atoms with Gasteiger partial charge >= 0.3 is 6.09 Å². The lowest BCUT2D eigenvalue weighted by Gasteiger charge is -2.18. The predicted octanol–water partition coefficient (Wildman–Crippen LogP) is 0.762. The fourth-order valence-electron chi connectivity index (χ4n) is 1.82. The third-order valence-corrected chi connectivity index (χ3v) is 2.72. The van der Waals surface area contributed by atoms with Crippen LogP contribution in [-0.4, -0.2) is 38.4 Å². The van der Waals surface area contributed by atoms with Crippen molar-refractivity contribution >= 4 is 6.09 Å². The van der Waals surface area contributed by atoms with Crippen molar-refractivity contribution in [2.45, 2.75) is 12.1 Å². The molecule has 0 aromatic heterocycles. The van der Waals surface area contributed by atoms with Crippen molar-refractivity contribution in [2.75, 3.05) is 20.2 Å². The van der Waals surface area contributed by atoms with E-state index in [1.165, 1.54) is 0 Å². The number of ether oxygens (including phenoxy) is 2. The van der Waals surface area contributed by atoms with Gasteiger partial charge in [-0.2, -0.15) is 0 Å². The van der Waals surface area contributed by atoms with Gasteiger partial charge in [0.25, 0.3) is 0 Å². The minimum Gasteiger partial charge on any atom is -0.410 e. The molecule has 1 amide bonds. The minimum absolute atomic E-state index is 0.00155. The lowest BCUT2D eigenvalue weighted by atomic mass is 10.2. The largest absolute Gasteiger partial charge is 0.412 e. The van der Waals surface area contributed by atoms with Gasteiger partial charge in [0.05, 0.1) is 12.1 Å². The van der Waals surface area contributed by atoms with Crippen LogP contribution in [0.25, 0.3) is 0 Å². The Hall–Kier alpha value is -1.59. The Kier molecular flexibility index (Phi) is 3.95. The van der Waals surface area contributed by atoms with Crippen LogP contribution in [-0.2, 0) is 4.74 Å². The van der Waals surface area contributed by atoms with Gasteiger partial charge in [0, 0.05) is 20.2 Å². The van der Waals surface area contributed by atoms with Crippen LogP contribution >= 0.6 is 0 Å². The number of hydrogen-bond donors (Lipinski definition) is 2. The van der Waals surface area contributed by atoms with Gasteiger partial charge in [-0.25, -0.2) is 4.79 Å². The molecule has 1 unspecified atom stereocenters. The van der Waals surface area contributed by atoms with Crippen molar-refractivity contribution in [3.63, 3.8) is 0 Å². The van der Waals surface area contributed by atoms with Gasteiger partial charge in [-0.1, -0.05) is 18.2 Å². The van der Waals surface area contributed by atoms with E-state index in [9.17, 15) is 4.79 Å². The Morgan fingerprint density at radius 1 is 1.35 bits per heavy atom. The average molecular weight is 236 g/mol. The fraction of sp³-hybridized carbons (Fsp3) is 0.417. The number of rotatable bonds is 3. The van der Waals surface area contributed by atoms with Crippen molar-refractivity contribution in [3.8, 4) is 5.75 Å². The molecule has 1 fully saturated rings. The van der Waals surface area contributed by atoms with Crippen molar-refractivity contribution in [1.29, 1.82) is 0 Å². The zero-order chi connectivity index (χ0) is 12.1. The van der Waals surface area contributed by atoms with E-state index in [2.05, 4.69) is 10.6 Å². The van der Waals surface area contributed by atoms with Gasteiger partial charge < -0.3 is 20.1 Å². The van der Waals surface area contributed by atoms with Gasteiger partial charge in [-0.05, 0) is 12.1 Å². The van der Waals surface area contributed by atoms with Gasteiger partial charge in [0.1, 0.15) is 5.75 Å². The molecular weight excluding hydrogens is 220 g/mol. The summed E-state index contributed by atoms with van der Waals surface area (Å²) in [7, 11) is 1.63. The first kappa shape index (κ1) is 11.9. The molecule has 1 aliphatic heterocycles. The molecule has 17 heavy (non-hydrogen) atoms. The molecule has 1 aliphatic rings. The van der Waals surface area contributed by atoms with Gasteiger partial charge in [-0.15, -0.1) is 0 Å². The topological polar surface area (TPSA) is 59.6 Å². The summed E-state index contributed by atoms with van der Waals surface area (Å²) in [4.78, 5) is 11.6. The minimum atomic E-state index is -0.452. The van der Waals surface area contributed by atoms with E-state index < -0.39 is 6.09 Å². The third-order valence-electron chi connectivity index (χ3n) is 2.72. The van der Waals surface area contributed by atoms with Gasteiger partial charge in [0.15, 0.2) is 0 Å². The second-order valence-corrected chi connectivity index (χ2v) is 3.89. The van der Waals surface area contributed by atoms with Crippen LogP contribution < -0.4 is 15.4 Å². The molecule has 2 N–H and O–H groups in total. The highest BCUT2D eigenvalue weighted by Crippen LogP contribution is 2.09. The van der Waals surface area contributed by atoms with E-state index in [0.29, 0.717) is 12.3 Å². The van der Waals surface area contributed by atoms with Crippen LogP contribution in [0, 0.1) is 0 Å². The second kappa shape index (κ2) is 5.65. The molecule has 5 heteroatoms. The molecule has 0 spiro atoms. The van der Waals surface area contributed by atoms with Crippen LogP contribution in [0.15, 0.2) is 30.3 Å². The van der Waals surface area contributed by atoms with Crippen LogP contribution in [0.2, 0.25) is 0 Å². The van der Waals surface area contributed by atoms with Crippen LogP contribution in [0.3, 0.4) is 0 Å². The standard InChI is InChI=1S/C12H16N2O3/c1-16-11-8-13-7-10(11)14-12(15)17-9-5-3-2-4-6-9/h2-6,10-11,13H,7-8H2,1H3,(H,14,15)/t10?,11-/m0/s1. The second-order valence-electron chi connectivity index (χ2n) is 3.89. The summed E-state index contributed by atoms with van der Waals surface area (Å²) in [6.07, 6.45) is -0.453. The summed E-state index contributed by atoms with van der Waals surface area (Å²) in [5, 5.41) is 5.93. The van der Waals surface area contributed by atoms with E-state index in [0.717, 1.165) is 6.54 Å². The normalized spacial score (nSPS) is 23.4. The number of carbonyl (C=O) groups excluding carboxylic acids is 1. The smallest absolute Gasteiger partial charge is 0.410 e. The Morgan fingerprint density at radius 3 is 2.82 bits per heavy atom. The average Bonchev–Trinajstić information content (AvgIpc) is 2.77. The third kappa shape index (κ3) is 3.18. The van der Waals surface area contributed by atoms with E-state index in [1.54, 1.807) is 19.2 Å². The van der Waals surface area contributed by atoms with Crippen LogP contribution in [0.4, 0.5) is 4.79 Å². The van der Waals surface area contributed by atoms with Gasteiger partial charge in [0.2, 0.25) is 0 Å². The number of carbonyl (C=O) groups is 1. The van der Waals surface area contributed by atoms with Crippen molar-refractivity contribution in [3.05, 3.63) is 30.3 Å². The maximum Gasteiger partial charge on any atom is 0.412 e. The molecule has 1 heterocycles. The molecule has 1 aromatic carbocycles. The number of hydrogen-bond acceptors (Lipinski definition) is 4. The molecule has 2 rings (SSSR count). The fourth-order valence-corrected chi connectivity index (χ4v) is 1.82. The highest BCUT2D eigenvalue weighted by molar-refractivity contribution is 5.70. The Bertz CT molecular complexity index is 369. The summed E-state index contributed by atoms with van der Waals surface area (Å²) in [6.45, 7) is 1.44. The zero-order valence-corrected chi connectivity index (χ0v) is 9.68. The summed E-state index contributed by atoms with van der Waals surface area (Å²) < 4.78 is 10.4. The van der Waals surface area contributed by atoms with Crippen LogP contribution in [0.1, 0.15) is 0 Å².